The first kappa shape index (κ1) is 33.7. The number of hydrogen-bond acceptors (Lipinski definition) is 9. The minimum Gasteiger partial charge on any atom is -0.507 e. The van der Waals surface area contributed by atoms with Crippen LogP contribution in [0.5, 0.6) is 17.2 Å². The van der Waals surface area contributed by atoms with Crippen molar-refractivity contribution in [3.8, 4) is 17.2 Å². The molecule has 3 heterocycles. The quantitative estimate of drug-likeness (QED) is 0.291. The molecule has 3 aliphatic heterocycles. The molecule has 1 spiro atoms. The first-order chi connectivity index (χ1) is 22.6. The predicted octanol–water partition coefficient (Wildman–Crippen LogP) is 6.37. The molecule has 0 aromatic heterocycles. The van der Waals surface area contributed by atoms with E-state index in [0.29, 0.717) is 24.1 Å². The zero-order valence-corrected chi connectivity index (χ0v) is 29.0. The third-order valence-electron chi connectivity index (χ3n) is 10.6. The molecule has 6 rings (SSSR count). The molecule has 1 aliphatic carbocycles. The number of allylic oxidation sites excluding steroid dienone is 1. The largest absolute Gasteiger partial charge is 0.507 e. The summed E-state index contributed by atoms with van der Waals surface area (Å²) in [6.45, 7) is 4.50. The number of aliphatic hydroxyl groups is 1. The molecule has 5 atom stereocenters. The number of methoxy groups -OCH3 is 2. The second-order valence-corrected chi connectivity index (χ2v) is 14.3. The molecule has 9 nitrogen and oxygen atoms in total. The summed E-state index contributed by atoms with van der Waals surface area (Å²) in [6, 6.07) is 9.59. The molecule has 2 fully saturated rings. The van der Waals surface area contributed by atoms with Gasteiger partial charge in [-0.2, -0.15) is 0 Å². The topological polar surface area (TPSA) is 114 Å². The van der Waals surface area contributed by atoms with Gasteiger partial charge < -0.3 is 29.5 Å². The molecule has 0 radical (unpaired) electrons. The maximum Gasteiger partial charge on any atom is 0.231 e. The summed E-state index contributed by atoms with van der Waals surface area (Å²) in [5, 5.41) is 15.4. The summed E-state index contributed by atoms with van der Waals surface area (Å²) < 4.78 is 17.3. The number of nitrogens with zero attached hydrogens (tertiary/aromatic N) is 1. The molecule has 2 aromatic rings. The van der Waals surface area contributed by atoms with Crippen molar-refractivity contribution in [1.82, 2.24) is 10.2 Å². The van der Waals surface area contributed by atoms with Gasteiger partial charge in [-0.3, -0.25) is 14.4 Å². The van der Waals surface area contributed by atoms with E-state index < -0.39 is 29.0 Å². The zero-order valence-electron chi connectivity index (χ0n) is 27.4. The van der Waals surface area contributed by atoms with Crippen molar-refractivity contribution < 1.29 is 33.7 Å². The van der Waals surface area contributed by atoms with E-state index in [9.17, 15) is 19.5 Å². The van der Waals surface area contributed by atoms with Crippen LogP contribution >= 0.6 is 23.4 Å². The number of Topliss-reactive ketones (excluding diaryl/α,β-unsaturated/α-hetero) is 2. The third-order valence-corrected chi connectivity index (χ3v) is 11.7. The van der Waals surface area contributed by atoms with Crippen LogP contribution in [0.15, 0.2) is 46.6 Å². The number of hydrogen-bond donors (Lipinski definition) is 2. The maximum atomic E-state index is 14.3. The van der Waals surface area contributed by atoms with Crippen LogP contribution in [0.1, 0.15) is 73.7 Å². The van der Waals surface area contributed by atoms with E-state index in [1.54, 1.807) is 18.7 Å². The number of ether oxygens (including phenoxy) is 3. The lowest BCUT2D eigenvalue weighted by Crippen LogP contribution is -2.53. The highest BCUT2D eigenvalue weighted by atomic mass is 35.5. The second-order valence-electron chi connectivity index (χ2n) is 13.1. The van der Waals surface area contributed by atoms with E-state index >= 15 is 0 Å². The highest BCUT2D eigenvalue weighted by Crippen LogP contribution is 2.55. The van der Waals surface area contributed by atoms with Crippen molar-refractivity contribution in [2.24, 2.45) is 11.8 Å². The fourth-order valence-electron chi connectivity index (χ4n) is 8.08. The van der Waals surface area contributed by atoms with Gasteiger partial charge in [0.15, 0.2) is 17.3 Å². The summed E-state index contributed by atoms with van der Waals surface area (Å²) in [6.07, 6.45) is 7.60. The summed E-state index contributed by atoms with van der Waals surface area (Å²) in [4.78, 5) is 45.6. The molecule has 47 heavy (non-hydrogen) atoms. The van der Waals surface area contributed by atoms with E-state index in [1.165, 1.54) is 33.1 Å². The number of carbonyl (C=O) groups excluding carboxylic acids is 3. The number of fused-ring (bicyclic) bond motifs is 2. The Morgan fingerprint density at radius 3 is 2.55 bits per heavy atom. The number of thioether (sulfide) groups is 1. The van der Waals surface area contributed by atoms with Crippen molar-refractivity contribution in [2.75, 3.05) is 40.1 Å². The van der Waals surface area contributed by atoms with Crippen molar-refractivity contribution in [2.45, 2.75) is 74.3 Å². The molecule has 11 heteroatoms. The Balaban J connectivity index is 1.36. The van der Waals surface area contributed by atoms with Crippen LogP contribution in [-0.4, -0.2) is 79.2 Å². The van der Waals surface area contributed by atoms with Crippen LogP contribution in [0, 0.1) is 11.8 Å². The van der Waals surface area contributed by atoms with Crippen LogP contribution in [0.2, 0.25) is 5.02 Å². The van der Waals surface area contributed by atoms with Gasteiger partial charge in [-0.25, -0.2) is 0 Å². The molecule has 2 aromatic carbocycles. The normalized spacial score (nSPS) is 26.4. The van der Waals surface area contributed by atoms with Crippen LogP contribution in [0.4, 0.5) is 0 Å². The molecular formula is C36H43ClN2O7S. The molecule has 2 N–H and O–H groups in total. The Hall–Kier alpha value is -3.21. The number of aliphatic hydroxyl groups excluding tert-OH is 1. The monoisotopic (exact) mass is 682 g/mol. The Morgan fingerprint density at radius 2 is 1.85 bits per heavy atom. The van der Waals surface area contributed by atoms with Gasteiger partial charge in [-0.15, -0.1) is 11.8 Å². The molecular weight excluding hydrogens is 640 g/mol. The Kier molecular flexibility index (Phi) is 9.84. The highest BCUT2D eigenvalue weighted by Gasteiger charge is 2.61. The van der Waals surface area contributed by atoms with E-state index in [4.69, 9.17) is 25.8 Å². The molecule has 0 saturated carbocycles. The number of amides is 1. The Labute approximate surface area is 285 Å². The minimum atomic E-state index is -1.92. The molecule has 4 aliphatic rings. The number of benzene rings is 2. The number of piperidine rings is 2. The smallest absolute Gasteiger partial charge is 0.231 e. The summed E-state index contributed by atoms with van der Waals surface area (Å²) >= 11 is 8.21. The third kappa shape index (κ3) is 5.91. The number of rotatable bonds is 9. The lowest BCUT2D eigenvalue weighted by molar-refractivity contribution is -0.122. The lowest BCUT2D eigenvalue weighted by atomic mass is 9.69. The van der Waals surface area contributed by atoms with E-state index in [2.05, 4.69) is 10.2 Å². The zero-order chi connectivity index (χ0) is 33.5. The number of halogens is 1. The predicted molar refractivity (Wildman–Crippen MR) is 181 cm³/mol. The molecule has 252 valence electrons. The van der Waals surface area contributed by atoms with Crippen LogP contribution < -0.4 is 19.5 Å². The lowest BCUT2D eigenvalue weighted by Gasteiger charge is -2.44. The van der Waals surface area contributed by atoms with Gasteiger partial charge in [-0.05, 0) is 68.6 Å². The van der Waals surface area contributed by atoms with Crippen LogP contribution in [-0.2, 0) is 9.59 Å². The van der Waals surface area contributed by atoms with Crippen molar-refractivity contribution in [1.29, 1.82) is 0 Å². The second kappa shape index (κ2) is 13.7. The Morgan fingerprint density at radius 1 is 1.13 bits per heavy atom. The van der Waals surface area contributed by atoms with Gasteiger partial charge in [0.05, 0.1) is 14.2 Å². The van der Waals surface area contributed by atoms with E-state index in [1.807, 2.05) is 30.5 Å². The van der Waals surface area contributed by atoms with Gasteiger partial charge in [0.2, 0.25) is 17.3 Å². The summed E-state index contributed by atoms with van der Waals surface area (Å²) in [5.41, 5.74) is -1.15. The molecule has 2 saturated heterocycles. The highest BCUT2D eigenvalue weighted by molar-refractivity contribution is 7.98. The molecule has 1 unspecified atom stereocenters. The average Bonchev–Trinajstić information content (AvgIpc) is 3.40. The Bertz CT molecular complexity index is 1590. The summed E-state index contributed by atoms with van der Waals surface area (Å²) in [7, 11) is 2.86. The maximum absolute atomic E-state index is 14.3. The van der Waals surface area contributed by atoms with Crippen molar-refractivity contribution >= 4 is 40.8 Å². The van der Waals surface area contributed by atoms with Gasteiger partial charge in [0.25, 0.3) is 0 Å². The SMILES string of the molecule is COc1cc(OC)c2c(c1Cl)O[C@]1(C2=O)C(O)=C(C(CC(=O)NC[C@@H]2CCCN3CCCC[C@H]23)c2ccc(SC)cc2)C(=O)C[C@H]1C. The van der Waals surface area contributed by atoms with Crippen molar-refractivity contribution in [3.63, 3.8) is 0 Å². The summed E-state index contributed by atoms with van der Waals surface area (Å²) in [5.74, 6) is -2.30. The van der Waals surface area contributed by atoms with E-state index in [0.717, 1.165) is 37.2 Å². The average molecular weight is 683 g/mol. The van der Waals surface area contributed by atoms with Gasteiger partial charge in [0.1, 0.15) is 22.1 Å². The van der Waals surface area contributed by atoms with Gasteiger partial charge >= 0.3 is 0 Å². The molecule has 1 amide bonds. The number of nitrogens with one attached hydrogen (secondary N) is 1. The van der Waals surface area contributed by atoms with Gasteiger partial charge in [0, 0.05) is 53.8 Å². The number of ketones is 2. The van der Waals surface area contributed by atoms with Gasteiger partial charge in [-0.1, -0.05) is 37.1 Å². The minimum absolute atomic E-state index is 0.00878. The molecule has 0 bridgehead atoms. The van der Waals surface area contributed by atoms with Crippen LogP contribution in [0.3, 0.4) is 0 Å². The fraction of sp³-hybridized carbons (Fsp3) is 0.528. The standard InChI is InChI=1S/C36H43ClN2O7S/c1-20-16-26(40)30(34(42)36(20)35(43)31-27(44-2)18-28(45-3)32(37)33(31)46-36)24(21-10-12-23(47-4)13-11-21)17-29(41)38-19-22-8-7-15-39-14-6-5-9-25(22)39/h10-13,18,20,22,24-25,42H,5-9,14-17,19H2,1-4H3,(H,38,41)/t20-,22+,24?,25-,36+/m1/s1. The first-order valence-electron chi connectivity index (χ1n) is 16.4. The van der Waals surface area contributed by atoms with Crippen LogP contribution in [0.25, 0.3) is 0 Å². The van der Waals surface area contributed by atoms with E-state index in [-0.39, 0.29) is 57.9 Å². The van der Waals surface area contributed by atoms with Crippen molar-refractivity contribution in [3.05, 3.63) is 57.8 Å². The first-order valence-corrected chi connectivity index (χ1v) is 18.0. The number of carbonyl (C=O) groups is 3. The fourth-order valence-corrected chi connectivity index (χ4v) is 8.75.